The van der Waals surface area contributed by atoms with Gasteiger partial charge in [-0.15, -0.1) is 21.5 Å². The number of aromatic nitrogens is 3. The normalized spacial score (nSPS) is 15.3. The number of rotatable bonds is 5. The van der Waals surface area contributed by atoms with E-state index in [1.807, 2.05) is 13.1 Å². The van der Waals surface area contributed by atoms with E-state index in [0.29, 0.717) is 24.6 Å². The van der Waals surface area contributed by atoms with E-state index >= 15 is 0 Å². The highest BCUT2D eigenvalue weighted by atomic mass is 32.2. The van der Waals surface area contributed by atoms with Crippen molar-refractivity contribution < 1.29 is 13.2 Å². The van der Waals surface area contributed by atoms with Crippen molar-refractivity contribution in [3.8, 4) is 11.4 Å². The summed E-state index contributed by atoms with van der Waals surface area (Å²) in [6.07, 6.45) is 1.60. The molecule has 1 aliphatic rings. The lowest BCUT2D eigenvalue weighted by Crippen LogP contribution is -2.38. The van der Waals surface area contributed by atoms with Crippen LogP contribution in [0.2, 0.25) is 0 Å². The highest BCUT2D eigenvalue weighted by molar-refractivity contribution is 7.99. The summed E-state index contributed by atoms with van der Waals surface area (Å²) >= 11 is 2.85. The Bertz CT molecular complexity index is 1130. The predicted octanol–water partition coefficient (Wildman–Crippen LogP) is 2.53. The van der Waals surface area contributed by atoms with Gasteiger partial charge in [-0.3, -0.25) is 4.79 Å². The molecule has 3 aromatic rings. The van der Waals surface area contributed by atoms with Crippen LogP contribution in [0.1, 0.15) is 9.67 Å². The van der Waals surface area contributed by atoms with Crippen molar-refractivity contribution in [2.24, 2.45) is 7.05 Å². The number of aryl methyl sites for hydroxylation is 1. The summed E-state index contributed by atoms with van der Waals surface area (Å²) in [5.74, 6) is 1.75. The summed E-state index contributed by atoms with van der Waals surface area (Å²) < 4.78 is 29.2. The second kappa shape index (κ2) is 8.27. The Kier molecular flexibility index (Phi) is 5.72. The summed E-state index contributed by atoms with van der Waals surface area (Å²) in [4.78, 5) is 13.1. The minimum Gasteiger partial charge on any atom is -0.321 e. The van der Waals surface area contributed by atoms with Crippen LogP contribution in [0.3, 0.4) is 0 Å². The summed E-state index contributed by atoms with van der Waals surface area (Å²) in [5, 5.41) is 12.4. The van der Waals surface area contributed by atoms with Crippen LogP contribution < -0.4 is 5.32 Å². The molecule has 3 heterocycles. The van der Waals surface area contributed by atoms with Gasteiger partial charge in [-0.2, -0.15) is 16.1 Å². The van der Waals surface area contributed by atoms with E-state index in [9.17, 15) is 13.2 Å². The van der Waals surface area contributed by atoms with Crippen molar-refractivity contribution in [1.29, 1.82) is 0 Å². The van der Waals surface area contributed by atoms with Crippen LogP contribution in [-0.2, 0) is 17.1 Å². The van der Waals surface area contributed by atoms with Crippen LogP contribution in [0.15, 0.2) is 46.9 Å². The van der Waals surface area contributed by atoms with Crippen LogP contribution in [0.4, 0.5) is 5.69 Å². The maximum absolute atomic E-state index is 13.0. The molecule has 8 nitrogen and oxygen atoms in total. The van der Waals surface area contributed by atoms with Crippen LogP contribution >= 0.6 is 23.1 Å². The average Bonchev–Trinajstić information content (AvgIpc) is 3.38. The molecule has 0 atom stereocenters. The largest absolute Gasteiger partial charge is 0.321 e. The molecule has 11 heteroatoms. The molecule has 4 rings (SSSR count). The summed E-state index contributed by atoms with van der Waals surface area (Å²) in [6.45, 7) is 0.924. The number of thioether (sulfide) groups is 1. The average molecular weight is 450 g/mol. The molecule has 0 radical (unpaired) electrons. The fourth-order valence-corrected chi connectivity index (χ4v) is 6.93. The lowest BCUT2D eigenvalue weighted by Gasteiger charge is -2.25. The van der Waals surface area contributed by atoms with E-state index < -0.39 is 15.9 Å². The second-order valence-electron chi connectivity index (χ2n) is 6.43. The predicted molar refractivity (Wildman–Crippen MR) is 115 cm³/mol. The van der Waals surface area contributed by atoms with Gasteiger partial charge in [0, 0.05) is 42.9 Å². The zero-order chi connectivity index (χ0) is 20.4. The Morgan fingerprint density at radius 2 is 2.00 bits per heavy atom. The van der Waals surface area contributed by atoms with Crippen molar-refractivity contribution in [3.63, 3.8) is 0 Å². The number of sulfonamides is 1. The number of carbonyl (C=O) groups is 1. The molecule has 0 bridgehead atoms. The van der Waals surface area contributed by atoms with Crippen molar-refractivity contribution in [3.05, 3.63) is 46.9 Å². The number of benzene rings is 1. The van der Waals surface area contributed by atoms with Gasteiger partial charge in [0.15, 0.2) is 5.82 Å². The molecule has 29 heavy (non-hydrogen) atoms. The lowest BCUT2D eigenvalue weighted by atomic mass is 10.2. The zero-order valence-corrected chi connectivity index (χ0v) is 18.1. The van der Waals surface area contributed by atoms with Crippen molar-refractivity contribution >= 4 is 44.7 Å². The monoisotopic (exact) mass is 449 g/mol. The maximum atomic E-state index is 13.0. The number of amides is 1. The number of nitrogens with one attached hydrogen (secondary N) is 1. The Balaban J connectivity index is 1.58. The van der Waals surface area contributed by atoms with E-state index in [0.717, 1.165) is 28.4 Å². The number of nitrogens with zero attached hydrogens (tertiary/aromatic N) is 4. The van der Waals surface area contributed by atoms with Crippen LogP contribution in [0, 0.1) is 0 Å². The van der Waals surface area contributed by atoms with Gasteiger partial charge in [-0.25, -0.2) is 8.42 Å². The van der Waals surface area contributed by atoms with Gasteiger partial charge < -0.3 is 9.88 Å². The maximum Gasteiger partial charge on any atom is 0.267 e. The van der Waals surface area contributed by atoms with E-state index in [2.05, 4.69) is 15.5 Å². The molecule has 0 saturated carbocycles. The molecule has 1 aliphatic heterocycles. The van der Waals surface area contributed by atoms with Crippen molar-refractivity contribution in [2.45, 2.75) is 4.90 Å². The molecule has 0 unspecified atom stereocenters. The highest BCUT2D eigenvalue weighted by Crippen LogP contribution is 2.28. The quantitative estimate of drug-likeness (QED) is 0.643. The lowest BCUT2D eigenvalue weighted by molar-refractivity contribution is 0.102. The number of hydrogen-bond acceptors (Lipinski definition) is 7. The van der Waals surface area contributed by atoms with E-state index in [4.69, 9.17) is 0 Å². The van der Waals surface area contributed by atoms with E-state index in [1.165, 1.54) is 10.4 Å². The van der Waals surface area contributed by atoms with Crippen molar-refractivity contribution in [1.82, 2.24) is 19.1 Å². The third kappa shape index (κ3) is 4.08. The summed E-state index contributed by atoms with van der Waals surface area (Å²) in [7, 11) is -1.85. The SMILES string of the molecule is Cn1cnnc1-c1cccc(NC(=O)c2sccc2S(=O)(=O)N2CCSCC2)c1. The van der Waals surface area contributed by atoms with Gasteiger partial charge in [0.25, 0.3) is 5.91 Å². The number of hydrogen-bond donors (Lipinski definition) is 1. The van der Waals surface area contributed by atoms with Crippen molar-refractivity contribution in [2.75, 3.05) is 29.9 Å². The zero-order valence-electron chi connectivity index (χ0n) is 15.6. The molecule has 152 valence electrons. The van der Waals surface area contributed by atoms with E-state index in [-0.39, 0.29) is 9.77 Å². The van der Waals surface area contributed by atoms with Crippen LogP contribution in [-0.4, -0.2) is 58.0 Å². The topological polar surface area (TPSA) is 97.2 Å². The smallest absolute Gasteiger partial charge is 0.267 e. The molecule has 1 aromatic carbocycles. The molecule has 1 N–H and O–H groups in total. The molecule has 0 spiro atoms. The standard InChI is InChI=1S/C18H19N5O3S3/c1-22-12-19-21-17(22)13-3-2-4-14(11-13)20-18(24)16-15(5-8-28-16)29(25,26)23-6-9-27-10-7-23/h2-5,8,11-12H,6-7,9-10H2,1H3,(H,20,24). The van der Waals surface area contributed by atoms with Gasteiger partial charge in [-0.05, 0) is 23.6 Å². The second-order valence-corrected chi connectivity index (χ2v) is 10.5. The summed E-state index contributed by atoms with van der Waals surface area (Å²) in [6, 6.07) is 8.71. The molecule has 0 aliphatic carbocycles. The van der Waals surface area contributed by atoms with Gasteiger partial charge in [0.2, 0.25) is 10.0 Å². The summed E-state index contributed by atoms with van der Waals surface area (Å²) in [5.41, 5.74) is 1.36. The Morgan fingerprint density at radius 3 is 2.72 bits per heavy atom. The Labute approximate surface area is 177 Å². The van der Waals surface area contributed by atoms with Gasteiger partial charge in [-0.1, -0.05) is 12.1 Å². The minimum atomic E-state index is -3.69. The fourth-order valence-electron chi connectivity index (χ4n) is 3.06. The first-order chi connectivity index (χ1) is 14.0. The van der Waals surface area contributed by atoms with Crippen LogP contribution in [0.25, 0.3) is 11.4 Å². The minimum absolute atomic E-state index is 0.0661. The number of thiophene rings is 1. The van der Waals surface area contributed by atoms with E-state index in [1.54, 1.807) is 46.2 Å². The first-order valence-corrected chi connectivity index (χ1v) is 12.4. The molecule has 2 aromatic heterocycles. The molecular weight excluding hydrogens is 430 g/mol. The third-order valence-electron chi connectivity index (χ3n) is 4.51. The number of carbonyl (C=O) groups excluding carboxylic acids is 1. The Morgan fingerprint density at radius 1 is 1.21 bits per heavy atom. The van der Waals surface area contributed by atoms with Crippen LogP contribution in [0.5, 0.6) is 0 Å². The third-order valence-corrected chi connectivity index (χ3v) is 8.44. The fraction of sp³-hybridized carbons (Fsp3) is 0.278. The highest BCUT2D eigenvalue weighted by Gasteiger charge is 2.31. The number of anilines is 1. The molecular formula is C18H19N5O3S3. The molecule has 1 saturated heterocycles. The Hall–Kier alpha value is -2.21. The van der Waals surface area contributed by atoms with Gasteiger partial charge in [0.05, 0.1) is 0 Å². The first-order valence-electron chi connectivity index (χ1n) is 8.88. The molecule has 1 amide bonds. The van der Waals surface area contributed by atoms with Gasteiger partial charge in [0.1, 0.15) is 16.1 Å². The first kappa shape index (κ1) is 20.1. The van der Waals surface area contributed by atoms with Gasteiger partial charge >= 0.3 is 0 Å². The molecule has 1 fully saturated rings.